The summed E-state index contributed by atoms with van der Waals surface area (Å²) in [6.45, 7) is 0.452. The van der Waals surface area contributed by atoms with Crippen LogP contribution >= 0.6 is 11.6 Å². The fraction of sp³-hybridized carbons (Fsp3) is 0.136. The number of rotatable bonds is 4. The van der Waals surface area contributed by atoms with Crippen molar-refractivity contribution in [3.63, 3.8) is 0 Å². The van der Waals surface area contributed by atoms with E-state index in [0.29, 0.717) is 40.7 Å². The van der Waals surface area contributed by atoms with Gasteiger partial charge in [-0.3, -0.25) is 14.6 Å². The average Bonchev–Trinajstić information content (AvgIpc) is 2.75. The Bertz CT molecular complexity index is 1060. The number of carbonyl (C=O) groups excluding carboxylic acids is 2. The maximum atomic E-state index is 13.0. The molecule has 2 heterocycles. The fourth-order valence-corrected chi connectivity index (χ4v) is 3.44. The summed E-state index contributed by atoms with van der Waals surface area (Å²) in [5, 5.41) is 6.32. The molecule has 0 bridgehead atoms. The molecule has 0 radical (unpaired) electrons. The highest BCUT2D eigenvalue weighted by atomic mass is 35.5. The van der Waals surface area contributed by atoms with Crippen LogP contribution < -0.4 is 15.4 Å². The van der Waals surface area contributed by atoms with Crippen LogP contribution in [-0.4, -0.2) is 23.4 Å². The van der Waals surface area contributed by atoms with Gasteiger partial charge in [0.05, 0.1) is 23.9 Å². The van der Waals surface area contributed by atoms with Crippen LogP contribution in [0.1, 0.15) is 28.3 Å². The Balaban J connectivity index is 1.54. The van der Waals surface area contributed by atoms with E-state index >= 15 is 0 Å². The summed E-state index contributed by atoms with van der Waals surface area (Å²) < 4.78 is 5.63. The topological polar surface area (TPSA) is 80.3 Å². The van der Waals surface area contributed by atoms with Gasteiger partial charge in [0.25, 0.3) is 5.91 Å². The van der Waals surface area contributed by atoms with Crippen LogP contribution in [0.25, 0.3) is 0 Å². The van der Waals surface area contributed by atoms with Crippen molar-refractivity contribution in [1.29, 1.82) is 0 Å². The van der Waals surface area contributed by atoms with E-state index in [1.807, 2.05) is 0 Å². The van der Waals surface area contributed by atoms with Crippen molar-refractivity contribution in [3.05, 3.63) is 83.1 Å². The van der Waals surface area contributed by atoms with E-state index in [2.05, 4.69) is 15.6 Å². The molecule has 1 atom stereocenters. The second-order valence-electron chi connectivity index (χ2n) is 6.60. The molecule has 4 rings (SSSR count). The third kappa shape index (κ3) is 4.22. The maximum Gasteiger partial charge on any atom is 0.255 e. The van der Waals surface area contributed by atoms with E-state index in [0.717, 1.165) is 5.56 Å². The molecule has 6 nitrogen and oxygen atoms in total. The molecule has 0 saturated carbocycles. The number of nitrogens with one attached hydrogen (secondary N) is 2. The van der Waals surface area contributed by atoms with E-state index in [1.165, 1.54) is 0 Å². The number of benzene rings is 2. The van der Waals surface area contributed by atoms with E-state index in [4.69, 9.17) is 16.3 Å². The Morgan fingerprint density at radius 2 is 1.72 bits per heavy atom. The minimum Gasteiger partial charge on any atom is -0.493 e. The van der Waals surface area contributed by atoms with Crippen LogP contribution in [0.15, 0.2) is 67.0 Å². The number of nitrogens with zero attached hydrogens (tertiary/aromatic N) is 1. The van der Waals surface area contributed by atoms with Crippen LogP contribution in [0.5, 0.6) is 5.75 Å². The summed E-state index contributed by atoms with van der Waals surface area (Å²) >= 11 is 6.11. The molecule has 0 fully saturated rings. The minimum absolute atomic E-state index is 0.178. The summed E-state index contributed by atoms with van der Waals surface area (Å²) in [6.07, 6.45) is 3.65. The number of anilines is 2. The van der Waals surface area contributed by atoms with E-state index in [-0.39, 0.29) is 17.7 Å². The number of hydrogen-bond donors (Lipinski definition) is 2. The SMILES string of the molecule is O=C(Nc1ccccc1NC(=O)C1CCOc2ccc(Cl)cc21)c1ccncc1. The standard InChI is InChI=1S/C22H18ClN3O3/c23-15-5-6-20-17(13-15)16(9-12-29-20)22(28)26-19-4-2-1-3-18(19)25-21(27)14-7-10-24-11-8-14/h1-8,10-11,13,16H,9,12H2,(H,25,27)(H,26,28). The lowest BCUT2D eigenvalue weighted by molar-refractivity contribution is -0.118. The zero-order valence-corrected chi connectivity index (χ0v) is 16.1. The molecule has 1 aliphatic rings. The number of ether oxygens (including phenoxy) is 1. The van der Waals surface area contributed by atoms with Crippen molar-refractivity contribution >= 4 is 34.8 Å². The van der Waals surface area contributed by atoms with Crippen molar-refractivity contribution < 1.29 is 14.3 Å². The quantitative estimate of drug-likeness (QED) is 0.667. The first kappa shape index (κ1) is 19.0. The highest BCUT2D eigenvalue weighted by Crippen LogP contribution is 2.36. The number of hydrogen-bond acceptors (Lipinski definition) is 4. The molecule has 1 aliphatic heterocycles. The molecule has 7 heteroatoms. The Kier molecular flexibility index (Phi) is 5.44. The molecule has 0 aliphatic carbocycles. The lowest BCUT2D eigenvalue weighted by Gasteiger charge is -2.25. The Labute approximate surface area is 172 Å². The number of halogens is 1. The third-order valence-corrected chi connectivity index (χ3v) is 4.94. The summed E-state index contributed by atoms with van der Waals surface area (Å²) in [7, 11) is 0. The molecule has 2 aromatic carbocycles. The lowest BCUT2D eigenvalue weighted by atomic mass is 9.92. The van der Waals surface area contributed by atoms with Gasteiger partial charge >= 0.3 is 0 Å². The van der Waals surface area contributed by atoms with Crippen molar-refractivity contribution in [2.24, 2.45) is 0 Å². The smallest absolute Gasteiger partial charge is 0.255 e. The Hall–Kier alpha value is -3.38. The van der Waals surface area contributed by atoms with Crippen LogP contribution in [0.3, 0.4) is 0 Å². The Morgan fingerprint density at radius 1 is 1.00 bits per heavy atom. The van der Waals surface area contributed by atoms with Crippen molar-refractivity contribution in [1.82, 2.24) is 4.98 Å². The number of amides is 2. The average molecular weight is 408 g/mol. The highest BCUT2D eigenvalue weighted by molar-refractivity contribution is 6.30. The van der Waals surface area contributed by atoms with Crippen molar-refractivity contribution in [2.45, 2.75) is 12.3 Å². The van der Waals surface area contributed by atoms with Gasteiger partial charge in [0.1, 0.15) is 5.75 Å². The number of fused-ring (bicyclic) bond motifs is 1. The zero-order chi connectivity index (χ0) is 20.2. The van der Waals surface area contributed by atoms with Gasteiger partial charge in [-0.2, -0.15) is 0 Å². The molecule has 0 saturated heterocycles. The molecule has 2 N–H and O–H groups in total. The Morgan fingerprint density at radius 3 is 2.48 bits per heavy atom. The van der Waals surface area contributed by atoms with E-state index in [9.17, 15) is 9.59 Å². The molecular formula is C22H18ClN3O3. The molecule has 29 heavy (non-hydrogen) atoms. The third-order valence-electron chi connectivity index (χ3n) is 4.70. The van der Waals surface area contributed by atoms with Gasteiger partial charge in [-0.1, -0.05) is 23.7 Å². The molecule has 2 amide bonds. The second kappa shape index (κ2) is 8.32. The first-order valence-corrected chi connectivity index (χ1v) is 9.53. The van der Waals surface area contributed by atoms with Gasteiger partial charge in [0.15, 0.2) is 0 Å². The van der Waals surface area contributed by atoms with Crippen molar-refractivity contribution in [2.75, 3.05) is 17.2 Å². The maximum absolute atomic E-state index is 13.0. The van der Waals surface area contributed by atoms with Gasteiger partial charge < -0.3 is 15.4 Å². The summed E-state index contributed by atoms with van der Waals surface area (Å²) in [5.41, 5.74) is 2.28. The minimum atomic E-state index is -0.388. The highest BCUT2D eigenvalue weighted by Gasteiger charge is 2.28. The molecule has 0 spiro atoms. The van der Waals surface area contributed by atoms with Gasteiger partial charge in [-0.05, 0) is 48.9 Å². The predicted molar refractivity (Wildman–Crippen MR) is 112 cm³/mol. The van der Waals surface area contributed by atoms with Gasteiger partial charge in [0, 0.05) is 28.5 Å². The fourth-order valence-electron chi connectivity index (χ4n) is 3.26. The van der Waals surface area contributed by atoms with Crippen LogP contribution in [-0.2, 0) is 4.79 Å². The van der Waals surface area contributed by atoms with Crippen LogP contribution in [0, 0.1) is 0 Å². The number of pyridine rings is 1. The normalized spacial score (nSPS) is 15.0. The van der Waals surface area contributed by atoms with Crippen LogP contribution in [0.4, 0.5) is 11.4 Å². The van der Waals surface area contributed by atoms with Gasteiger partial charge in [-0.25, -0.2) is 0 Å². The van der Waals surface area contributed by atoms with Gasteiger partial charge in [-0.15, -0.1) is 0 Å². The molecule has 146 valence electrons. The lowest BCUT2D eigenvalue weighted by Crippen LogP contribution is -2.27. The first-order valence-electron chi connectivity index (χ1n) is 9.15. The zero-order valence-electron chi connectivity index (χ0n) is 15.4. The molecular weight excluding hydrogens is 390 g/mol. The number of para-hydroxylation sites is 2. The van der Waals surface area contributed by atoms with Crippen molar-refractivity contribution in [3.8, 4) is 5.75 Å². The van der Waals surface area contributed by atoms with Crippen LogP contribution in [0.2, 0.25) is 5.02 Å². The second-order valence-corrected chi connectivity index (χ2v) is 7.03. The number of aromatic nitrogens is 1. The summed E-state index contributed by atoms with van der Waals surface area (Å²) in [6, 6.07) is 15.6. The summed E-state index contributed by atoms with van der Waals surface area (Å²) in [5.74, 6) is -0.179. The molecule has 3 aromatic rings. The van der Waals surface area contributed by atoms with E-state index in [1.54, 1.807) is 67.0 Å². The first-order chi connectivity index (χ1) is 14.1. The number of carbonyl (C=O) groups is 2. The van der Waals surface area contributed by atoms with E-state index < -0.39 is 0 Å². The summed E-state index contributed by atoms with van der Waals surface area (Å²) in [4.78, 5) is 29.4. The molecule has 1 aromatic heterocycles. The molecule has 1 unspecified atom stereocenters. The largest absolute Gasteiger partial charge is 0.493 e. The van der Waals surface area contributed by atoms with Gasteiger partial charge in [0.2, 0.25) is 5.91 Å². The predicted octanol–water partition coefficient (Wildman–Crippen LogP) is 4.49. The monoisotopic (exact) mass is 407 g/mol.